The fourth-order valence-electron chi connectivity index (χ4n) is 2.11. The van der Waals surface area contributed by atoms with Gasteiger partial charge in [0.05, 0.1) is 6.42 Å². The van der Waals surface area contributed by atoms with Gasteiger partial charge in [0.15, 0.2) is 0 Å². The standard InChI is InChI=1S/C15H11FO2/c16-13-3-1-2-11(8-13)12-5-4-10-6-7-15(17)18-14(10)9-12/h1-5,8-9H,6-7H2. The average molecular weight is 242 g/mol. The van der Waals surface area contributed by atoms with Crippen molar-refractivity contribution in [3.8, 4) is 16.9 Å². The lowest BCUT2D eigenvalue weighted by Crippen LogP contribution is -2.15. The number of fused-ring (bicyclic) bond motifs is 1. The number of aryl methyl sites for hydroxylation is 1. The van der Waals surface area contributed by atoms with Crippen LogP contribution in [0.5, 0.6) is 5.75 Å². The maximum Gasteiger partial charge on any atom is 0.311 e. The van der Waals surface area contributed by atoms with Gasteiger partial charge in [-0.2, -0.15) is 0 Å². The molecule has 0 atom stereocenters. The molecule has 18 heavy (non-hydrogen) atoms. The summed E-state index contributed by atoms with van der Waals surface area (Å²) in [6, 6.07) is 12.0. The number of ether oxygens (including phenoxy) is 1. The van der Waals surface area contributed by atoms with E-state index >= 15 is 0 Å². The Hall–Kier alpha value is -2.16. The Morgan fingerprint density at radius 2 is 1.83 bits per heavy atom. The number of benzene rings is 2. The van der Waals surface area contributed by atoms with E-state index in [0.717, 1.165) is 16.7 Å². The van der Waals surface area contributed by atoms with Crippen LogP contribution < -0.4 is 4.74 Å². The van der Waals surface area contributed by atoms with E-state index in [9.17, 15) is 9.18 Å². The van der Waals surface area contributed by atoms with Crippen molar-refractivity contribution in [3.63, 3.8) is 0 Å². The zero-order valence-electron chi connectivity index (χ0n) is 9.65. The highest BCUT2D eigenvalue weighted by Gasteiger charge is 2.17. The van der Waals surface area contributed by atoms with Crippen molar-refractivity contribution in [2.24, 2.45) is 0 Å². The normalized spacial score (nSPS) is 13.9. The van der Waals surface area contributed by atoms with Crippen LogP contribution in [0.3, 0.4) is 0 Å². The minimum absolute atomic E-state index is 0.209. The second kappa shape index (κ2) is 4.26. The molecule has 0 amide bonds. The van der Waals surface area contributed by atoms with Crippen molar-refractivity contribution >= 4 is 5.97 Å². The highest BCUT2D eigenvalue weighted by atomic mass is 19.1. The molecule has 1 aliphatic heterocycles. The lowest BCUT2D eigenvalue weighted by atomic mass is 9.99. The number of hydrogen-bond acceptors (Lipinski definition) is 2. The quantitative estimate of drug-likeness (QED) is 0.566. The monoisotopic (exact) mass is 242 g/mol. The smallest absolute Gasteiger partial charge is 0.311 e. The molecule has 0 aliphatic carbocycles. The zero-order valence-corrected chi connectivity index (χ0v) is 9.65. The predicted octanol–water partition coefficient (Wildman–Crippen LogP) is 3.34. The van der Waals surface area contributed by atoms with E-state index in [4.69, 9.17) is 4.74 Å². The lowest BCUT2D eigenvalue weighted by molar-refractivity contribution is -0.135. The molecule has 2 nitrogen and oxygen atoms in total. The van der Waals surface area contributed by atoms with E-state index in [0.29, 0.717) is 18.6 Å². The second-order valence-corrected chi connectivity index (χ2v) is 4.31. The Morgan fingerprint density at radius 3 is 2.67 bits per heavy atom. The Kier molecular flexibility index (Phi) is 2.59. The number of esters is 1. The highest BCUT2D eigenvalue weighted by Crippen LogP contribution is 2.31. The number of hydrogen-bond donors (Lipinski definition) is 0. The molecule has 0 bridgehead atoms. The first-order valence-electron chi connectivity index (χ1n) is 5.82. The van der Waals surface area contributed by atoms with Gasteiger partial charge < -0.3 is 4.74 Å². The van der Waals surface area contributed by atoms with E-state index in [1.807, 2.05) is 18.2 Å². The van der Waals surface area contributed by atoms with E-state index in [1.54, 1.807) is 12.1 Å². The molecule has 0 aromatic heterocycles. The molecule has 3 heteroatoms. The topological polar surface area (TPSA) is 26.3 Å². The Bertz CT molecular complexity index is 620. The summed E-state index contributed by atoms with van der Waals surface area (Å²) in [6.45, 7) is 0. The minimum Gasteiger partial charge on any atom is -0.426 e. The molecule has 0 saturated carbocycles. The third-order valence-corrected chi connectivity index (χ3v) is 3.05. The largest absolute Gasteiger partial charge is 0.426 e. The van der Waals surface area contributed by atoms with Crippen molar-refractivity contribution in [2.75, 3.05) is 0 Å². The van der Waals surface area contributed by atoms with Crippen molar-refractivity contribution in [1.82, 2.24) is 0 Å². The number of carbonyl (C=O) groups excluding carboxylic acids is 1. The van der Waals surface area contributed by atoms with E-state index < -0.39 is 0 Å². The van der Waals surface area contributed by atoms with Crippen LogP contribution in [-0.4, -0.2) is 5.97 Å². The summed E-state index contributed by atoms with van der Waals surface area (Å²) in [7, 11) is 0. The first-order valence-corrected chi connectivity index (χ1v) is 5.82. The van der Waals surface area contributed by atoms with Crippen LogP contribution in [0.2, 0.25) is 0 Å². The second-order valence-electron chi connectivity index (χ2n) is 4.31. The summed E-state index contributed by atoms with van der Waals surface area (Å²) >= 11 is 0. The van der Waals surface area contributed by atoms with E-state index in [2.05, 4.69) is 0 Å². The van der Waals surface area contributed by atoms with Crippen LogP contribution in [0.1, 0.15) is 12.0 Å². The van der Waals surface area contributed by atoms with Crippen LogP contribution in [0.4, 0.5) is 4.39 Å². The highest BCUT2D eigenvalue weighted by molar-refractivity contribution is 5.77. The average Bonchev–Trinajstić information content (AvgIpc) is 2.38. The van der Waals surface area contributed by atoms with Crippen molar-refractivity contribution < 1.29 is 13.9 Å². The Morgan fingerprint density at radius 1 is 1.00 bits per heavy atom. The molecular weight excluding hydrogens is 231 g/mol. The molecule has 0 radical (unpaired) electrons. The van der Waals surface area contributed by atoms with Crippen molar-refractivity contribution in [1.29, 1.82) is 0 Å². The summed E-state index contributed by atoms with van der Waals surface area (Å²) < 4.78 is 18.4. The van der Waals surface area contributed by atoms with Crippen LogP contribution in [-0.2, 0) is 11.2 Å². The first kappa shape index (κ1) is 11.0. The van der Waals surface area contributed by atoms with Crippen LogP contribution in [0.25, 0.3) is 11.1 Å². The van der Waals surface area contributed by atoms with Gasteiger partial charge in [-0.3, -0.25) is 4.79 Å². The molecular formula is C15H11FO2. The molecule has 3 rings (SSSR count). The minimum atomic E-state index is -0.276. The van der Waals surface area contributed by atoms with Gasteiger partial charge in [-0.25, -0.2) is 4.39 Å². The number of halogens is 1. The summed E-state index contributed by atoms with van der Waals surface area (Å²) in [5.74, 6) is 0.106. The van der Waals surface area contributed by atoms with Gasteiger partial charge in [-0.1, -0.05) is 24.3 Å². The molecule has 0 fully saturated rings. The van der Waals surface area contributed by atoms with Gasteiger partial charge in [-0.15, -0.1) is 0 Å². The SMILES string of the molecule is O=C1CCc2ccc(-c3cccc(F)c3)cc2O1. The predicted molar refractivity (Wildman–Crippen MR) is 65.8 cm³/mol. The van der Waals surface area contributed by atoms with Gasteiger partial charge in [0.1, 0.15) is 11.6 Å². The Balaban J connectivity index is 2.04. The molecule has 0 unspecified atom stereocenters. The van der Waals surface area contributed by atoms with Gasteiger partial charge in [0.2, 0.25) is 0 Å². The molecule has 0 saturated heterocycles. The van der Waals surface area contributed by atoms with Gasteiger partial charge in [-0.05, 0) is 41.3 Å². The summed E-state index contributed by atoms with van der Waals surface area (Å²) in [5.41, 5.74) is 2.65. The van der Waals surface area contributed by atoms with Gasteiger partial charge in [0.25, 0.3) is 0 Å². The summed E-state index contributed by atoms with van der Waals surface area (Å²) in [5, 5.41) is 0. The van der Waals surface area contributed by atoms with Crippen LogP contribution in [0, 0.1) is 5.82 Å². The van der Waals surface area contributed by atoms with E-state index in [-0.39, 0.29) is 11.8 Å². The first-order chi connectivity index (χ1) is 8.72. The number of carbonyl (C=O) groups is 1. The van der Waals surface area contributed by atoms with Gasteiger partial charge in [0, 0.05) is 0 Å². The molecule has 0 spiro atoms. The van der Waals surface area contributed by atoms with Crippen molar-refractivity contribution in [3.05, 3.63) is 53.8 Å². The van der Waals surface area contributed by atoms with Gasteiger partial charge >= 0.3 is 5.97 Å². The molecule has 90 valence electrons. The van der Waals surface area contributed by atoms with Crippen molar-refractivity contribution in [2.45, 2.75) is 12.8 Å². The molecule has 0 N–H and O–H groups in total. The molecule has 1 aliphatic rings. The zero-order chi connectivity index (χ0) is 12.5. The van der Waals surface area contributed by atoms with Crippen LogP contribution in [0.15, 0.2) is 42.5 Å². The lowest BCUT2D eigenvalue weighted by Gasteiger charge is -2.16. The van der Waals surface area contributed by atoms with Crippen LogP contribution >= 0.6 is 0 Å². The maximum atomic E-state index is 13.2. The Labute approximate surface area is 104 Å². The summed E-state index contributed by atoms with van der Waals surface area (Å²) in [4.78, 5) is 11.2. The maximum absolute atomic E-state index is 13.2. The third-order valence-electron chi connectivity index (χ3n) is 3.05. The third kappa shape index (κ3) is 1.99. The van der Waals surface area contributed by atoms with E-state index in [1.165, 1.54) is 12.1 Å². The fraction of sp³-hybridized carbons (Fsp3) is 0.133. The molecule has 2 aromatic carbocycles. The number of rotatable bonds is 1. The summed E-state index contributed by atoms with van der Waals surface area (Å²) in [6.07, 6.45) is 1.13. The fourth-order valence-corrected chi connectivity index (χ4v) is 2.11. The molecule has 2 aromatic rings. The molecule has 1 heterocycles.